The van der Waals surface area contributed by atoms with Crippen LogP contribution < -0.4 is 9.47 Å². The second kappa shape index (κ2) is 10.3. The van der Waals surface area contributed by atoms with E-state index in [0.29, 0.717) is 49.2 Å². The number of fused-ring (bicyclic) bond motifs is 3. The van der Waals surface area contributed by atoms with Gasteiger partial charge in [0.1, 0.15) is 12.2 Å². The largest absolute Gasteiger partial charge is 0.493 e. The number of morpholine rings is 1. The zero-order valence-electron chi connectivity index (χ0n) is 22.0. The highest BCUT2D eigenvalue weighted by Gasteiger charge is 2.38. The van der Waals surface area contributed by atoms with Gasteiger partial charge in [-0.3, -0.25) is 14.4 Å². The minimum atomic E-state index is -0.422. The van der Waals surface area contributed by atoms with Crippen molar-refractivity contribution < 1.29 is 19.0 Å². The molecule has 0 bridgehead atoms. The maximum atomic E-state index is 13.9. The number of nitrogens with zero attached hydrogens (tertiary/aromatic N) is 5. The first kappa shape index (κ1) is 25.6. The molecule has 3 heterocycles. The second-order valence-electron chi connectivity index (χ2n) is 9.95. The zero-order valence-corrected chi connectivity index (χ0v) is 22.0. The topological polar surface area (TPSA) is 90.5 Å². The van der Waals surface area contributed by atoms with Crippen LogP contribution in [0.4, 0.5) is 0 Å². The summed E-state index contributed by atoms with van der Waals surface area (Å²) < 4.78 is 19.4. The van der Waals surface area contributed by atoms with Gasteiger partial charge >= 0.3 is 0 Å². The third kappa shape index (κ3) is 4.80. The van der Waals surface area contributed by atoms with E-state index in [4.69, 9.17) is 19.2 Å². The molecular formula is C27H35N5O4. The van der Waals surface area contributed by atoms with Crippen LogP contribution in [0.1, 0.15) is 62.2 Å². The quantitative estimate of drug-likeness (QED) is 0.428. The fourth-order valence-corrected chi connectivity index (χ4v) is 4.75. The van der Waals surface area contributed by atoms with Crippen LogP contribution in [-0.4, -0.2) is 71.9 Å². The van der Waals surface area contributed by atoms with E-state index in [1.54, 1.807) is 13.3 Å². The van der Waals surface area contributed by atoms with E-state index < -0.39 is 5.54 Å². The SMILES string of the molecule is C=N/C=N\C=C(/C)c1nc(C(=O)N2CCOCC2(C)C)c2n1-c1cc(OC(C)C)c(OC)cc1CC2. The first-order chi connectivity index (χ1) is 17.2. The lowest BCUT2D eigenvalue weighted by Gasteiger charge is -2.41. The zero-order chi connectivity index (χ0) is 26.0. The predicted molar refractivity (Wildman–Crippen MR) is 141 cm³/mol. The van der Waals surface area contributed by atoms with E-state index >= 15 is 0 Å². The van der Waals surface area contributed by atoms with Gasteiger partial charge in [0.15, 0.2) is 17.2 Å². The smallest absolute Gasteiger partial charge is 0.274 e. The molecule has 0 saturated carbocycles. The Balaban J connectivity index is 1.91. The lowest BCUT2D eigenvalue weighted by atomic mass is 9.98. The fraction of sp³-hybridized carbons (Fsp3) is 0.481. The molecule has 2 aromatic rings. The van der Waals surface area contributed by atoms with Crippen LogP contribution in [-0.2, 0) is 17.6 Å². The van der Waals surface area contributed by atoms with Gasteiger partial charge in [0, 0.05) is 24.4 Å². The summed E-state index contributed by atoms with van der Waals surface area (Å²) in [6.07, 6.45) is 4.46. The monoisotopic (exact) mass is 493 g/mol. The highest BCUT2D eigenvalue weighted by atomic mass is 16.5. The first-order valence-electron chi connectivity index (χ1n) is 12.2. The number of carbonyl (C=O) groups is 1. The highest BCUT2D eigenvalue weighted by Crippen LogP contribution is 2.39. The van der Waals surface area contributed by atoms with Gasteiger partial charge in [-0.25, -0.2) is 9.98 Å². The summed E-state index contributed by atoms with van der Waals surface area (Å²) in [5.41, 5.74) is 3.74. The number of benzene rings is 1. The number of amides is 1. The maximum absolute atomic E-state index is 13.9. The molecule has 9 nitrogen and oxygen atoms in total. The van der Waals surface area contributed by atoms with Gasteiger partial charge < -0.3 is 19.1 Å². The van der Waals surface area contributed by atoms with Crippen molar-refractivity contribution >= 4 is 24.5 Å². The minimum Gasteiger partial charge on any atom is -0.493 e. The molecule has 4 rings (SSSR count). The van der Waals surface area contributed by atoms with Crippen LogP contribution in [0.2, 0.25) is 0 Å². The Labute approximate surface area is 212 Å². The number of allylic oxidation sites excluding steroid dienone is 1. The van der Waals surface area contributed by atoms with Gasteiger partial charge in [0.25, 0.3) is 5.91 Å². The summed E-state index contributed by atoms with van der Waals surface area (Å²) in [6, 6.07) is 4.00. The third-order valence-corrected chi connectivity index (χ3v) is 6.43. The number of hydrogen-bond donors (Lipinski definition) is 0. The molecule has 0 atom stereocenters. The molecule has 9 heteroatoms. The summed E-state index contributed by atoms with van der Waals surface area (Å²) in [5, 5.41) is 0. The molecule has 1 fully saturated rings. The van der Waals surface area contributed by atoms with E-state index in [2.05, 4.69) is 21.3 Å². The summed E-state index contributed by atoms with van der Waals surface area (Å²) in [4.78, 5) is 28.5. The van der Waals surface area contributed by atoms with E-state index in [9.17, 15) is 4.79 Å². The van der Waals surface area contributed by atoms with Crippen LogP contribution in [0.15, 0.2) is 28.3 Å². The number of rotatable bonds is 7. The third-order valence-electron chi connectivity index (χ3n) is 6.43. The Kier molecular flexibility index (Phi) is 7.31. The predicted octanol–water partition coefficient (Wildman–Crippen LogP) is 4.11. The number of imidazole rings is 1. The van der Waals surface area contributed by atoms with Crippen molar-refractivity contribution in [3.8, 4) is 17.2 Å². The van der Waals surface area contributed by atoms with Crippen molar-refractivity contribution in [1.29, 1.82) is 0 Å². The van der Waals surface area contributed by atoms with Crippen LogP contribution >= 0.6 is 0 Å². The van der Waals surface area contributed by atoms with Gasteiger partial charge in [-0.2, -0.15) is 0 Å². The van der Waals surface area contributed by atoms with E-state index in [1.807, 2.05) is 51.7 Å². The standard InChI is InChI=1S/C27H35N5O4/c1-17(2)36-23-13-21-19(12-22(23)34-7)8-9-20-24(26(33)31-10-11-35-15-27(31,4)5)30-25(32(20)21)18(3)14-29-16-28-6/h12-14,16-17H,6,8-11,15H2,1-5,7H3/b18-14+,29-16-. The van der Waals surface area contributed by atoms with Crippen molar-refractivity contribution in [2.45, 2.75) is 59.1 Å². The molecule has 0 aliphatic carbocycles. The molecule has 0 radical (unpaired) electrons. The highest BCUT2D eigenvalue weighted by molar-refractivity contribution is 5.95. The van der Waals surface area contributed by atoms with Crippen molar-refractivity contribution in [3.63, 3.8) is 0 Å². The Morgan fingerprint density at radius 1 is 1.28 bits per heavy atom. The molecule has 1 amide bonds. The Morgan fingerprint density at radius 3 is 2.72 bits per heavy atom. The molecular weight excluding hydrogens is 458 g/mol. The summed E-state index contributed by atoms with van der Waals surface area (Å²) in [7, 11) is 1.64. The molecule has 0 unspecified atom stereocenters. The molecule has 2 aliphatic rings. The average Bonchev–Trinajstić information content (AvgIpc) is 3.23. The number of carbonyl (C=O) groups excluding carboxylic acids is 1. The molecule has 0 N–H and O–H groups in total. The average molecular weight is 494 g/mol. The maximum Gasteiger partial charge on any atom is 0.274 e. The molecule has 2 aliphatic heterocycles. The Bertz CT molecular complexity index is 1230. The number of aromatic nitrogens is 2. The molecule has 1 aromatic heterocycles. The lowest BCUT2D eigenvalue weighted by Crippen LogP contribution is -2.55. The second-order valence-corrected chi connectivity index (χ2v) is 9.95. The Morgan fingerprint density at radius 2 is 2.06 bits per heavy atom. The fourth-order valence-electron chi connectivity index (χ4n) is 4.75. The van der Waals surface area contributed by atoms with Crippen LogP contribution in [0.5, 0.6) is 11.5 Å². The van der Waals surface area contributed by atoms with Crippen molar-refractivity contribution in [1.82, 2.24) is 14.5 Å². The van der Waals surface area contributed by atoms with Crippen molar-refractivity contribution in [3.05, 3.63) is 41.1 Å². The van der Waals surface area contributed by atoms with Gasteiger partial charge in [0.2, 0.25) is 0 Å². The number of ether oxygens (including phenoxy) is 3. The molecule has 192 valence electrons. The number of aliphatic imine (C=N–C) groups is 2. The van der Waals surface area contributed by atoms with Gasteiger partial charge in [-0.05, 0) is 65.8 Å². The number of aryl methyl sites for hydroxylation is 1. The number of methoxy groups -OCH3 is 1. The van der Waals surface area contributed by atoms with Gasteiger partial charge in [-0.1, -0.05) is 0 Å². The van der Waals surface area contributed by atoms with Crippen LogP contribution in [0.3, 0.4) is 0 Å². The molecule has 1 aromatic carbocycles. The summed E-state index contributed by atoms with van der Waals surface area (Å²) in [5.74, 6) is 1.91. The van der Waals surface area contributed by atoms with E-state index in [0.717, 1.165) is 28.9 Å². The van der Waals surface area contributed by atoms with E-state index in [1.165, 1.54) is 6.34 Å². The van der Waals surface area contributed by atoms with Crippen molar-refractivity contribution in [2.75, 3.05) is 26.9 Å². The summed E-state index contributed by atoms with van der Waals surface area (Å²) >= 11 is 0. The Hall–Kier alpha value is -3.46. The minimum absolute atomic E-state index is 0.0228. The van der Waals surface area contributed by atoms with Gasteiger partial charge in [0.05, 0.1) is 43.3 Å². The molecule has 1 saturated heterocycles. The normalized spacial score (nSPS) is 17.2. The van der Waals surface area contributed by atoms with Crippen molar-refractivity contribution in [2.24, 2.45) is 9.98 Å². The number of hydrogen-bond acceptors (Lipinski definition) is 6. The summed E-state index contributed by atoms with van der Waals surface area (Å²) in [6.45, 7) is 14.9. The lowest BCUT2D eigenvalue weighted by molar-refractivity contribution is -0.0373. The molecule has 36 heavy (non-hydrogen) atoms. The van der Waals surface area contributed by atoms with Crippen LogP contribution in [0, 0.1) is 0 Å². The van der Waals surface area contributed by atoms with Crippen LogP contribution in [0.25, 0.3) is 11.3 Å². The first-order valence-corrected chi connectivity index (χ1v) is 12.2. The van der Waals surface area contributed by atoms with E-state index in [-0.39, 0.29) is 12.0 Å². The molecule has 0 spiro atoms. The van der Waals surface area contributed by atoms with Gasteiger partial charge in [-0.15, -0.1) is 0 Å².